The summed E-state index contributed by atoms with van der Waals surface area (Å²) in [6.07, 6.45) is 1.75. The van der Waals surface area contributed by atoms with Crippen LogP contribution in [0.2, 0.25) is 0 Å². The monoisotopic (exact) mass is 391 g/mol. The molecule has 3 N–H and O–H groups in total. The lowest BCUT2D eigenvalue weighted by Crippen LogP contribution is -1.96. The minimum atomic E-state index is 0. The Hall–Kier alpha value is -3.06. The van der Waals surface area contributed by atoms with E-state index in [1.165, 1.54) is 0 Å². The summed E-state index contributed by atoms with van der Waals surface area (Å²) in [5.74, 6) is 2.30. The number of methoxy groups -OCH3 is 4. The predicted octanol–water partition coefficient (Wildman–Crippen LogP) is 3.78. The number of nitrogens with two attached hydrogens (primary N) is 1. The predicted molar refractivity (Wildman–Crippen MR) is 107 cm³/mol. The molecule has 0 aliphatic carbocycles. The molecule has 0 spiro atoms. The molecule has 3 aromatic rings. The Morgan fingerprint density at radius 2 is 1.44 bits per heavy atom. The van der Waals surface area contributed by atoms with Gasteiger partial charge < -0.3 is 24.7 Å². The molecule has 2 aromatic carbocycles. The summed E-state index contributed by atoms with van der Waals surface area (Å²) in [7, 11) is 6.32. The number of ether oxygens (including phenoxy) is 4. The van der Waals surface area contributed by atoms with Crippen LogP contribution in [0.3, 0.4) is 0 Å². The van der Waals surface area contributed by atoms with Crippen LogP contribution in [-0.2, 0) is 0 Å². The molecule has 0 amide bonds. The Bertz CT molecular complexity index is 902. The molecule has 0 unspecified atom stereocenters. The second-order valence-electron chi connectivity index (χ2n) is 5.53. The molecule has 0 atom stereocenters. The van der Waals surface area contributed by atoms with Crippen molar-refractivity contribution in [3.05, 3.63) is 36.5 Å². The maximum absolute atomic E-state index is 6.04. The van der Waals surface area contributed by atoms with Crippen LogP contribution in [0, 0.1) is 0 Å². The van der Waals surface area contributed by atoms with E-state index in [0.717, 1.165) is 22.4 Å². The van der Waals surface area contributed by atoms with Gasteiger partial charge in [-0.05, 0) is 29.8 Å². The van der Waals surface area contributed by atoms with Crippen molar-refractivity contribution in [2.75, 3.05) is 34.2 Å². The Morgan fingerprint density at radius 3 is 1.96 bits per heavy atom. The number of nitrogens with one attached hydrogen (secondary N) is 1. The Morgan fingerprint density at radius 1 is 0.815 bits per heavy atom. The smallest absolute Gasteiger partial charge is 0.203 e. The maximum atomic E-state index is 6.04. The summed E-state index contributed by atoms with van der Waals surface area (Å²) >= 11 is 0. The van der Waals surface area contributed by atoms with Gasteiger partial charge in [0.2, 0.25) is 5.75 Å². The highest BCUT2D eigenvalue weighted by molar-refractivity contribution is 5.85. The van der Waals surface area contributed by atoms with E-state index in [2.05, 4.69) is 10.2 Å². The van der Waals surface area contributed by atoms with Crippen molar-refractivity contribution in [3.63, 3.8) is 0 Å². The first-order valence-electron chi connectivity index (χ1n) is 7.90. The first kappa shape index (κ1) is 20.3. The summed E-state index contributed by atoms with van der Waals surface area (Å²) in [6, 6.07) is 9.35. The minimum Gasteiger partial charge on any atom is -0.495 e. The molecule has 0 aliphatic rings. The maximum Gasteiger partial charge on any atom is 0.203 e. The molecular weight excluding hydrogens is 370 g/mol. The molecular formula is C19H22ClN3O4. The van der Waals surface area contributed by atoms with Gasteiger partial charge in [0, 0.05) is 11.1 Å². The zero-order chi connectivity index (χ0) is 18.7. The fourth-order valence-corrected chi connectivity index (χ4v) is 2.85. The van der Waals surface area contributed by atoms with E-state index in [1.54, 1.807) is 34.6 Å². The zero-order valence-electron chi connectivity index (χ0n) is 15.5. The summed E-state index contributed by atoms with van der Waals surface area (Å²) in [5, 5.41) is 7.23. The third-order valence-electron chi connectivity index (χ3n) is 4.13. The lowest BCUT2D eigenvalue weighted by molar-refractivity contribution is 0.324. The number of aromatic amines is 1. The molecule has 3 rings (SSSR count). The molecule has 1 aromatic heterocycles. The number of hydrogen-bond acceptors (Lipinski definition) is 6. The van der Waals surface area contributed by atoms with Crippen LogP contribution in [0.15, 0.2) is 36.5 Å². The standard InChI is InChI=1S/C19H21N3O4.ClH/c1-23-15-6-5-11(7-14(15)20)13-10-21-22-18(13)12-8-16(24-2)19(26-4)17(9-12)25-3;/h5-10H,20H2,1-4H3,(H,21,22);1H. The number of anilines is 1. The third-order valence-corrected chi connectivity index (χ3v) is 4.13. The zero-order valence-corrected chi connectivity index (χ0v) is 16.3. The van der Waals surface area contributed by atoms with Gasteiger partial charge in [-0.2, -0.15) is 5.10 Å². The first-order valence-corrected chi connectivity index (χ1v) is 7.90. The normalized spacial score (nSPS) is 10.1. The first-order chi connectivity index (χ1) is 12.6. The van der Waals surface area contributed by atoms with Crippen LogP contribution in [-0.4, -0.2) is 38.6 Å². The molecule has 144 valence electrons. The van der Waals surface area contributed by atoms with E-state index in [4.69, 9.17) is 24.7 Å². The molecule has 8 heteroatoms. The molecule has 27 heavy (non-hydrogen) atoms. The fraction of sp³-hybridized carbons (Fsp3) is 0.211. The molecule has 0 aliphatic heterocycles. The molecule has 1 heterocycles. The van der Waals surface area contributed by atoms with Crippen LogP contribution in [0.4, 0.5) is 5.69 Å². The van der Waals surface area contributed by atoms with Gasteiger partial charge in [-0.15, -0.1) is 12.4 Å². The third kappa shape index (κ3) is 3.73. The second kappa shape index (κ2) is 8.55. The van der Waals surface area contributed by atoms with Crippen molar-refractivity contribution in [1.82, 2.24) is 10.2 Å². The molecule has 0 bridgehead atoms. The number of hydrogen-bond donors (Lipinski definition) is 2. The van der Waals surface area contributed by atoms with E-state index in [-0.39, 0.29) is 12.4 Å². The van der Waals surface area contributed by atoms with Gasteiger partial charge in [0.15, 0.2) is 11.5 Å². The topological polar surface area (TPSA) is 91.6 Å². The molecule has 7 nitrogen and oxygen atoms in total. The summed E-state index contributed by atoms with van der Waals surface area (Å²) < 4.78 is 21.5. The van der Waals surface area contributed by atoms with Crippen molar-refractivity contribution >= 4 is 18.1 Å². The Balaban J connectivity index is 0.00000261. The summed E-state index contributed by atoms with van der Waals surface area (Å²) in [4.78, 5) is 0. The van der Waals surface area contributed by atoms with Crippen LogP contribution in [0.5, 0.6) is 23.0 Å². The van der Waals surface area contributed by atoms with Crippen molar-refractivity contribution in [2.24, 2.45) is 0 Å². The second-order valence-corrected chi connectivity index (χ2v) is 5.53. The molecule has 0 saturated carbocycles. The number of nitrogens with zero attached hydrogens (tertiary/aromatic N) is 1. The number of aromatic nitrogens is 2. The number of rotatable bonds is 6. The highest BCUT2D eigenvalue weighted by Crippen LogP contribution is 2.43. The molecule has 0 saturated heterocycles. The SMILES string of the molecule is COc1ccc(-c2cn[nH]c2-c2cc(OC)c(OC)c(OC)c2)cc1N.Cl. The highest BCUT2D eigenvalue weighted by Gasteiger charge is 2.18. The number of H-pyrrole nitrogens is 1. The fourth-order valence-electron chi connectivity index (χ4n) is 2.85. The summed E-state index contributed by atoms with van der Waals surface area (Å²) in [6.45, 7) is 0. The Kier molecular flexibility index (Phi) is 6.41. The quantitative estimate of drug-likeness (QED) is 0.621. The van der Waals surface area contributed by atoms with Gasteiger partial charge in [-0.1, -0.05) is 6.07 Å². The number of halogens is 1. The highest BCUT2D eigenvalue weighted by atomic mass is 35.5. The average Bonchev–Trinajstić information content (AvgIpc) is 3.16. The number of nitrogen functional groups attached to an aromatic ring is 1. The van der Waals surface area contributed by atoms with Gasteiger partial charge in [0.1, 0.15) is 5.75 Å². The van der Waals surface area contributed by atoms with E-state index in [0.29, 0.717) is 28.7 Å². The van der Waals surface area contributed by atoms with Crippen molar-refractivity contribution < 1.29 is 18.9 Å². The van der Waals surface area contributed by atoms with Gasteiger partial charge in [0.05, 0.1) is 46.0 Å². The Labute approximate surface area is 163 Å². The lowest BCUT2D eigenvalue weighted by atomic mass is 10.0. The van der Waals surface area contributed by atoms with Crippen LogP contribution in [0.25, 0.3) is 22.4 Å². The van der Waals surface area contributed by atoms with Crippen molar-refractivity contribution in [3.8, 4) is 45.4 Å². The lowest BCUT2D eigenvalue weighted by Gasteiger charge is -2.14. The van der Waals surface area contributed by atoms with Crippen LogP contribution >= 0.6 is 12.4 Å². The van der Waals surface area contributed by atoms with E-state index < -0.39 is 0 Å². The van der Waals surface area contributed by atoms with Gasteiger partial charge in [0.25, 0.3) is 0 Å². The average molecular weight is 392 g/mol. The van der Waals surface area contributed by atoms with Gasteiger partial charge >= 0.3 is 0 Å². The van der Waals surface area contributed by atoms with Crippen LogP contribution < -0.4 is 24.7 Å². The minimum absolute atomic E-state index is 0. The van der Waals surface area contributed by atoms with Gasteiger partial charge in [-0.25, -0.2) is 0 Å². The molecule has 0 fully saturated rings. The van der Waals surface area contributed by atoms with E-state index in [1.807, 2.05) is 30.3 Å². The largest absolute Gasteiger partial charge is 0.495 e. The number of benzene rings is 2. The van der Waals surface area contributed by atoms with Crippen molar-refractivity contribution in [2.45, 2.75) is 0 Å². The van der Waals surface area contributed by atoms with E-state index in [9.17, 15) is 0 Å². The van der Waals surface area contributed by atoms with E-state index >= 15 is 0 Å². The van der Waals surface area contributed by atoms with Crippen molar-refractivity contribution in [1.29, 1.82) is 0 Å². The molecule has 0 radical (unpaired) electrons. The van der Waals surface area contributed by atoms with Crippen LogP contribution in [0.1, 0.15) is 0 Å². The summed E-state index contributed by atoms with van der Waals surface area (Å²) in [5.41, 5.74) is 10.1. The van der Waals surface area contributed by atoms with Gasteiger partial charge in [-0.3, -0.25) is 5.10 Å².